The third-order valence-corrected chi connectivity index (χ3v) is 8.48. The van der Waals surface area contributed by atoms with Gasteiger partial charge in [0.05, 0.1) is 31.9 Å². The molecule has 0 aliphatic carbocycles. The van der Waals surface area contributed by atoms with Gasteiger partial charge in [-0.3, -0.25) is 9.78 Å². The first kappa shape index (κ1) is 36.7. The minimum Gasteiger partial charge on any atom is -0.489 e. The number of ether oxygens (including phenoxy) is 4. The van der Waals surface area contributed by atoms with Gasteiger partial charge in [-0.2, -0.15) is 0 Å². The highest BCUT2D eigenvalue weighted by atomic mass is 16.5. The molecule has 50 heavy (non-hydrogen) atoms. The van der Waals surface area contributed by atoms with Crippen molar-refractivity contribution in [1.29, 1.82) is 0 Å². The number of nitrogens with zero attached hydrogens (tertiary/aromatic N) is 2. The molecule has 5 aromatic rings. The lowest BCUT2D eigenvalue weighted by molar-refractivity contribution is 0.0141. The van der Waals surface area contributed by atoms with E-state index < -0.39 is 0 Å². The number of benzene rings is 3. The van der Waals surface area contributed by atoms with Crippen LogP contribution in [-0.4, -0.2) is 68.6 Å². The summed E-state index contributed by atoms with van der Waals surface area (Å²) in [5.41, 5.74) is 19.6. The zero-order chi connectivity index (χ0) is 35.1. The minimum absolute atomic E-state index is 0.106. The van der Waals surface area contributed by atoms with Crippen LogP contribution in [0.2, 0.25) is 0 Å². The summed E-state index contributed by atoms with van der Waals surface area (Å²) in [5, 5.41) is 5.05. The van der Waals surface area contributed by atoms with Gasteiger partial charge < -0.3 is 35.7 Å². The second-order valence-corrected chi connectivity index (χ2v) is 12.4. The number of carbonyl (C=O) groups excluding carboxylic acids is 1. The van der Waals surface area contributed by atoms with Gasteiger partial charge in [-0.15, -0.1) is 0 Å². The van der Waals surface area contributed by atoms with Gasteiger partial charge in [0.25, 0.3) is 5.91 Å². The third kappa shape index (κ3) is 10.7. The van der Waals surface area contributed by atoms with E-state index in [9.17, 15) is 4.79 Å². The summed E-state index contributed by atoms with van der Waals surface area (Å²) >= 11 is 0. The molecule has 0 spiro atoms. The summed E-state index contributed by atoms with van der Waals surface area (Å²) in [5.74, 6) is 1.16. The predicted molar refractivity (Wildman–Crippen MR) is 199 cm³/mol. The van der Waals surface area contributed by atoms with Crippen molar-refractivity contribution in [3.63, 3.8) is 0 Å². The van der Waals surface area contributed by atoms with Crippen LogP contribution in [0.1, 0.15) is 51.0 Å². The number of fused-ring (bicyclic) bond motifs is 3. The number of carbonyl (C=O) groups is 1. The molecule has 2 heterocycles. The van der Waals surface area contributed by atoms with Crippen LogP contribution in [0.5, 0.6) is 5.75 Å². The lowest BCUT2D eigenvalue weighted by Gasteiger charge is -2.12. The maximum absolute atomic E-state index is 12.6. The summed E-state index contributed by atoms with van der Waals surface area (Å²) in [6.07, 6.45) is 5.23. The number of nitrogens with one attached hydrogen (secondary N) is 1. The molecule has 0 saturated heterocycles. The van der Waals surface area contributed by atoms with Crippen LogP contribution in [0.4, 0.5) is 5.82 Å². The number of aromatic nitrogens is 2. The Hall–Kier alpha value is -4.61. The van der Waals surface area contributed by atoms with Gasteiger partial charge in [0.15, 0.2) is 5.82 Å². The lowest BCUT2D eigenvalue weighted by Crippen LogP contribution is -2.25. The fraction of sp³-hybridized carbons (Fsp3) is 0.375. The molecule has 0 bridgehead atoms. The largest absolute Gasteiger partial charge is 0.489 e. The minimum atomic E-state index is -0.106. The quantitative estimate of drug-likeness (QED) is 0.0680. The van der Waals surface area contributed by atoms with Gasteiger partial charge in [-0.1, -0.05) is 30.3 Å². The summed E-state index contributed by atoms with van der Waals surface area (Å²) in [4.78, 5) is 21.8. The highest BCUT2D eigenvalue weighted by Crippen LogP contribution is 2.28. The van der Waals surface area contributed by atoms with Crippen LogP contribution >= 0.6 is 0 Å². The zero-order valence-corrected chi connectivity index (χ0v) is 29.2. The van der Waals surface area contributed by atoms with Crippen molar-refractivity contribution in [1.82, 2.24) is 15.3 Å². The number of anilines is 1. The number of pyridine rings is 2. The second-order valence-electron chi connectivity index (χ2n) is 12.4. The Labute approximate surface area is 294 Å². The van der Waals surface area contributed by atoms with E-state index in [0.29, 0.717) is 70.7 Å². The molecule has 1 amide bonds. The summed E-state index contributed by atoms with van der Waals surface area (Å²) in [6, 6.07) is 22.2. The van der Waals surface area contributed by atoms with E-state index in [1.54, 1.807) is 0 Å². The number of amides is 1. The van der Waals surface area contributed by atoms with E-state index in [4.69, 9.17) is 30.4 Å². The average Bonchev–Trinajstić information content (AvgIpc) is 3.12. The van der Waals surface area contributed by atoms with Crippen LogP contribution in [0.25, 0.3) is 21.8 Å². The zero-order valence-electron chi connectivity index (χ0n) is 29.2. The molecule has 5 N–H and O–H groups in total. The Bertz CT molecular complexity index is 1850. The molecule has 3 aromatic carbocycles. The van der Waals surface area contributed by atoms with E-state index in [1.165, 1.54) is 11.1 Å². The molecule has 0 atom stereocenters. The molecule has 0 unspecified atom stereocenters. The second kappa shape index (κ2) is 19.0. The van der Waals surface area contributed by atoms with Crippen LogP contribution in [0, 0.1) is 13.8 Å². The summed E-state index contributed by atoms with van der Waals surface area (Å²) < 4.78 is 22.5. The van der Waals surface area contributed by atoms with Crippen molar-refractivity contribution in [3.05, 3.63) is 106 Å². The molecular formula is C40H49N5O5. The van der Waals surface area contributed by atoms with Gasteiger partial charge in [0, 0.05) is 42.3 Å². The fourth-order valence-corrected chi connectivity index (χ4v) is 5.64. The molecule has 0 radical (unpaired) electrons. The van der Waals surface area contributed by atoms with Gasteiger partial charge in [-0.05, 0) is 110 Å². The Morgan fingerprint density at radius 1 is 0.780 bits per heavy atom. The molecule has 264 valence electrons. The van der Waals surface area contributed by atoms with Crippen LogP contribution in [0.15, 0.2) is 72.9 Å². The number of rotatable bonds is 20. The lowest BCUT2D eigenvalue weighted by atomic mass is 9.99. The number of nitrogen functional groups attached to an aromatic ring is 1. The SMILES string of the molecule is Cc1ccc2c(c1)nc(N)c1ncc(CCc3ccc(OCc4ccc(C(=O)NCCCOCCOCCOCCCN)cc4)cc3C)cc12. The Morgan fingerprint density at radius 2 is 1.52 bits per heavy atom. The van der Waals surface area contributed by atoms with Crippen LogP contribution in [-0.2, 0) is 33.7 Å². The van der Waals surface area contributed by atoms with Gasteiger partial charge in [0.2, 0.25) is 0 Å². The van der Waals surface area contributed by atoms with E-state index in [1.807, 2.05) is 36.5 Å². The normalized spacial score (nSPS) is 11.3. The van der Waals surface area contributed by atoms with Gasteiger partial charge >= 0.3 is 0 Å². The summed E-state index contributed by atoms with van der Waals surface area (Å²) in [6.45, 7) is 9.12. The standard InChI is InChI=1S/C40H49N5O5/c1-28-5-14-35-36-25-31(26-44-38(36)39(42)45-37(35)23-28)8-9-32-12-13-34(24-29(32)2)50-27-30-6-10-33(11-7-30)40(46)43-16-4-18-48-20-22-49-21-19-47-17-3-15-41/h5-7,10-14,23-26H,3-4,8-9,15-22,27,41H2,1-2H3,(H2,42,45)(H,43,46). The van der Waals surface area contributed by atoms with Crippen molar-refractivity contribution >= 4 is 33.5 Å². The van der Waals surface area contributed by atoms with Crippen LogP contribution in [0.3, 0.4) is 0 Å². The number of hydrogen-bond donors (Lipinski definition) is 3. The highest BCUT2D eigenvalue weighted by molar-refractivity contribution is 6.08. The highest BCUT2D eigenvalue weighted by Gasteiger charge is 2.10. The molecule has 10 nitrogen and oxygen atoms in total. The van der Waals surface area contributed by atoms with E-state index in [2.05, 4.69) is 65.5 Å². The number of hydrogen-bond acceptors (Lipinski definition) is 9. The predicted octanol–water partition coefficient (Wildman–Crippen LogP) is 5.86. The maximum Gasteiger partial charge on any atom is 0.251 e. The maximum atomic E-state index is 12.6. The fourth-order valence-electron chi connectivity index (χ4n) is 5.64. The van der Waals surface area contributed by atoms with Crippen molar-refractivity contribution in [2.45, 2.75) is 46.1 Å². The van der Waals surface area contributed by atoms with Crippen molar-refractivity contribution in [2.24, 2.45) is 5.73 Å². The van der Waals surface area contributed by atoms with E-state index in [-0.39, 0.29) is 5.91 Å². The van der Waals surface area contributed by atoms with Gasteiger partial charge in [0.1, 0.15) is 17.9 Å². The van der Waals surface area contributed by atoms with Crippen molar-refractivity contribution in [3.8, 4) is 5.75 Å². The Morgan fingerprint density at radius 3 is 2.26 bits per heavy atom. The number of nitrogens with two attached hydrogens (primary N) is 2. The first-order chi connectivity index (χ1) is 24.4. The molecular weight excluding hydrogens is 630 g/mol. The molecule has 2 aromatic heterocycles. The first-order valence-electron chi connectivity index (χ1n) is 17.4. The van der Waals surface area contributed by atoms with Crippen molar-refractivity contribution < 1.29 is 23.7 Å². The molecule has 0 aliphatic heterocycles. The molecule has 5 rings (SSSR count). The van der Waals surface area contributed by atoms with Crippen molar-refractivity contribution in [2.75, 3.05) is 58.5 Å². The molecule has 0 saturated carbocycles. The van der Waals surface area contributed by atoms with Crippen LogP contribution < -0.4 is 21.5 Å². The van der Waals surface area contributed by atoms with E-state index in [0.717, 1.165) is 69.9 Å². The first-order valence-corrected chi connectivity index (χ1v) is 17.4. The summed E-state index contributed by atoms with van der Waals surface area (Å²) in [7, 11) is 0. The molecule has 0 aliphatic rings. The molecule has 0 fully saturated rings. The Kier molecular flexibility index (Phi) is 13.9. The van der Waals surface area contributed by atoms with E-state index >= 15 is 0 Å². The number of aryl methyl sites for hydroxylation is 4. The molecule has 10 heteroatoms. The van der Waals surface area contributed by atoms with Gasteiger partial charge in [-0.25, -0.2) is 4.98 Å². The topological polar surface area (TPSA) is 144 Å². The average molecular weight is 680 g/mol. The monoisotopic (exact) mass is 679 g/mol. The third-order valence-electron chi connectivity index (χ3n) is 8.48. The smallest absolute Gasteiger partial charge is 0.251 e. The Balaban J connectivity index is 1.01.